The zero-order valence-electron chi connectivity index (χ0n) is 20.3. The summed E-state index contributed by atoms with van der Waals surface area (Å²) in [6, 6.07) is 19.9. The van der Waals surface area contributed by atoms with Crippen molar-refractivity contribution in [1.29, 1.82) is 5.41 Å². The van der Waals surface area contributed by atoms with Gasteiger partial charge in [-0.15, -0.1) is 0 Å². The maximum absolute atomic E-state index is 12.9. The highest BCUT2D eigenvalue weighted by Gasteiger charge is 2.19. The third-order valence-electron chi connectivity index (χ3n) is 5.46. The molecule has 0 aliphatic carbocycles. The standard InChI is InChI=1S/C26H29N5O5S/c1-2-36-22(17-32)15-31(21-7-5-6-19(14-21)26(27)28)16-25(33)30-20-12-10-18(11-13-20)23-8-3-4-9-24(23)37(29,34)35/h3-14,17,22H,2,15-16H2,1H3,(H3,27,28)(H,30,33)(H2,29,34,35). The van der Waals surface area contributed by atoms with Gasteiger partial charge in [-0.25, -0.2) is 13.6 Å². The molecular weight excluding hydrogens is 494 g/mol. The van der Waals surface area contributed by atoms with Gasteiger partial charge in [0.15, 0.2) is 6.29 Å². The number of amidine groups is 1. The fraction of sp³-hybridized carbons (Fsp3) is 0.192. The number of aldehydes is 1. The molecule has 0 bridgehead atoms. The lowest BCUT2D eigenvalue weighted by molar-refractivity contribution is -0.118. The van der Waals surface area contributed by atoms with Gasteiger partial charge in [0.1, 0.15) is 11.9 Å². The summed E-state index contributed by atoms with van der Waals surface area (Å²) in [5.74, 6) is -0.473. The quantitative estimate of drug-likeness (QED) is 0.160. The molecule has 3 rings (SSSR count). The van der Waals surface area contributed by atoms with Gasteiger partial charge in [0, 0.05) is 29.1 Å². The maximum Gasteiger partial charge on any atom is 0.243 e. The van der Waals surface area contributed by atoms with Gasteiger partial charge in [-0.05, 0) is 42.8 Å². The highest BCUT2D eigenvalue weighted by Crippen LogP contribution is 2.27. The van der Waals surface area contributed by atoms with Gasteiger partial charge < -0.3 is 25.5 Å². The van der Waals surface area contributed by atoms with E-state index in [1.54, 1.807) is 78.6 Å². The van der Waals surface area contributed by atoms with Crippen molar-refractivity contribution in [3.8, 4) is 11.1 Å². The van der Waals surface area contributed by atoms with Crippen LogP contribution in [0.3, 0.4) is 0 Å². The van der Waals surface area contributed by atoms with Crippen LogP contribution in [0.4, 0.5) is 11.4 Å². The second-order valence-electron chi connectivity index (χ2n) is 8.14. The van der Waals surface area contributed by atoms with E-state index in [2.05, 4.69) is 5.32 Å². The first-order valence-electron chi connectivity index (χ1n) is 11.4. The zero-order chi connectivity index (χ0) is 27.0. The first-order valence-corrected chi connectivity index (χ1v) is 13.0. The second kappa shape index (κ2) is 12.3. The van der Waals surface area contributed by atoms with Crippen LogP contribution in [-0.4, -0.2) is 52.2 Å². The summed E-state index contributed by atoms with van der Waals surface area (Å²) in [5, 5.41) is 15.8. The third kappa shape index (κ3) is 7.46. The van der Waals surface area contributed by atoms with Crippen LogP contribution < -0.4 is 21.1 Å². The van der Waals surface area contributed by atoms with Crippen LogP contribution in [0.25, 0.3) is 11.1 Å². The molecule has 0 aliphatic heterocycles. The summed E-state index contributed by atoms with van der Waals surface area (Å²) in [6.07, 6.45) is -0.0709. The number of rotatable bonds is 12. The Labute approximate surface area is 215 Å². The van der Waals surface area contributed by atoms with Crippen molar-refractivity contribution in [3.05, 3.63) is 78.4 Å². The number of hydrogen-bond acceptors (Lipinski definition) is 7. The van der Waals surface area contributed by atoms with E-state index in [-0.39, 0.29) is 29.7 Å². The van der Waals surface area contributed by atoms with E-state index in [1.807, 2.05) is 0 Å². The van der Waals surface area contributed by atoms with E-state index in [0.717, 1.165) is 0 Å². The van der Waals surface area contributed by atoms with Crippen LogP contribution >= 0.6 is 0 Å². The van der Waals surface area contributed by atoms with E-state index in [9.17, 15) is 18.0 Å². The normalized spacial score (nSPS) is 11.9. The van der Waals surface area contributed by atoms with Crippen LogP contribution in [0, 0.1) is 5.41 Å². The number of anilines is 2. The minimum atomic E-state index is -3.91. The molecule has 1 atom stereocenters. The van der Waals surface area contributed by atoms with Crippen molar-refractivity contribution in [1.82, 2.24) is 0 Å². The van der Waals surface area contributed by atoms with E-state index in [1.165, 1.54) is 6.07 Å². The number of nitrogens with zero attached hydrogens (tertiary/aromatic N) is 1. The predicted molar refractivity (Wildman–Crippen MR) is 143 cm³/mol. The molecule has 0 heterocycles. The Bertz CT molecular complexity index is 1380. The number of sulfonamides is 1. The fourth-order valence-electron chi connectivity index (χ4n) is 3.76. The Kier molecular flexibility index (Phi) is 9.12. The summed E-state index contributed by atoms with van der Waals surface area (Å²) in [6.45, 7) is 2.12. The summed E-state index contributed by atoms with van der Waals surface area (Å²) in [5.41, 5.74) is 8.27. The number of amides is 1. The molecule has 1 unspecified atom stereocenters. The smallest absolute Gasteiger partial charge is 0.243 e. The molecule has 3 aromatic rings. The van der Waals surface area contributed by atoms with Gasteiger partial charge in [-0.1, -0.05) is 42.5 Å². The molecular formula is C26H29N5O5S. The van der Waals surface area contributed by atoms with Gasteiger partial charge in [-0.3, -0.25) is 10.2 Å². The van der Waals surface area contributed by atoms with Gasteiger partial charge in [0.25, 0.3) is 0 Å². The van der Waals surface area contributed by atoms with Gasteiger partial charge in [0.05, 0.1) is 18.0 Å². The molecule has 0 radical (unpaired) electrons. The molecule has 10 nitrogen and oxygen atoms in total. The number of ether oxygens (including phenoxy) is 1. The highest BCUT2D eigenvalue weighted by atomic mass is 32.2. The largest absolute Gasteiger partial charge is 0.384 e. The number of nitrogens with two attached hydrogens (primary N) is 2. The molecule has 0 fully saturated rings. The maximum atomic E-state index is 12.9. The first kappa shape index (κ1) is 27.5. The van der Waals surface area contributed by atoms with Crippen LogP contribution in [0.1, 0.15) is 12.5 Å². The topological polar surface area (TPSA) is 169 Å². The van der Waals surface area contributed by atoms with E-state index >= 15 is 0 Å². The molecule has 0 saturated carbocycles. The van der Waals surface area contributed by atoms with Crippen molar-refractivity contribution < 1.29 is 22.7 Å². The third-order valence-corrected chi connectivity index (χ3v) is 6.43. The van der Waals surface area contributed by atoms with Crippen LogP contribution in [0.15, 0.2) is 77.7 Å². The Hall–Kier alpha value is -4.06. The fourth-order valence-corrected chi connectivity index (χ4v) is 4.52. The van der Waals surface area contributed by atoms with E-state index in [0.29, 0.717) is 41.0 Å². The highest BCUT2D eigenvalue weighted by molar-refractivity contribution is 7.89. The Balaban J connectivity index is 1.79. The average molecular weight is 524 g/mol. The predicted octanol–water partition coefficient (Wildman–Crippen LogP) is 2.33. The summed E-state index contributed by atoms with van der Waals surface area (Å²) in [4.78, 5) is 26.1. The molecule has 37 heavy (non-hydrogen) atoms. The molecule has 1 amide bonds. The Morgan fingerprint density at radius 2 is 1.81 bits per heavy atom. The monoisotopic (exact) mass is 523 g/mol. The van der Waals surface area contributed by atoms with E-state index < -0.39 is 16.1 Å². The lowest BCUT2D eigenvalue weighted by Gasteiger charge is -2.27. The van der Waals surface area contributed by atoms with Crippen molar-refractivity contribution in [2.75, 3.05) is 29.9 Å². The molecule has 194 valence electrons. The number of carbonyl (C=O) groups excluding carboxylic acids is 2. The van der Waals surface area contributed by atoms with Gasteiger partial charge in [-0.2, -0.15) is 0 Å². The Morgan fingerprint density at radius 3 is 2.43 bits per heavy atom. The van der Waals surface area contributed by atoms with Crippen LogP contribution in [0.5, 0.6) is 0 Å². The number of nitrogen functional groups attached to an aromatic ring is 1. The Morgan fingerprint density at radius 1 is 1.11 bits per heavy atom. The van der Waals surface area contributed by atoms with Crippen molar-refractivity contribution in [2.45, 2.75) is 17.9 Å². The SMILES string of the molecule is CCOC(C=O)CN(CC(=O)Nc1ccc(-c2ccccc2S(N)(=O)=O)cc1)c1cccc(C(=N)N)c1. The van der Waals surface area contributed by atoms with Crippen LogP contribution in [-0.2, 0) is 24.3 Å². The number of carbonyl (C=O) groups is 2. The summed E-state index contributed by atoms with van der Waals surface area (Å²) >= 11 is 0. The average Bonchev–Trinajstić information content (AvgIpc) is 2.88. The van der Waals surface area contributed by atoms with Crippen molar-refractivity contribution >= 4 is 39.4 Å². The molecule has 0 saturated heterocycles. The van der Waals surface area contributed by atoms with Crippen molar-refractivity contribution in [2.24, 2.45) is 10.9 Å². The van der Waals surface area contributed by atoms with Gasteiger partial charge >= 0.3 is 0 Å². The number of benzene rings is 3. The number of hydrogen-bond donors (Lipinski definition) is 4. The van der Waals surface area contributed by atoms with E-state index in [4.69, 9.17) is 21.0 Å². The zero-order valence-corrected chi connectivity index (χ0v) is 21.1. The summed E-state index contributed by atoms with van der Waals surface area (Å²) < 4.78 is 29.3. The lowest BCUT2D eigenvalue weighted by Crippen LogP contribution is -2.40. The second-order valence-corrected chi connectivity index (χ2v) is 9.67. The molecule has 6 N–H and O–H groups in total. The minimum absolute atomic E-state index is 0.00856. The lowest BCUT2D eigenvalue weighted by atomic mass is 10.1. The number of nitrogens with one attached hydrogen (secondary N) is 2. The molecule has 11 heteroatoms. The first-order chi connectivity index (χ1) is 17.6. The minimum Gasteiger partial charge on any atom is -0.384 e. The van der Waals surface area contributed by atoms with Gasteiger partial charge in [0.2, 0.25) is 15.9 Å². The molecule has 0 spiro atoms. The van der Waals surface area contributed by atoms with Crippen LogP contribution in [0.2, 0.25) is 0 Å². The number of primary sulfonamides is 1. The molecule has 0 aromatic heterocycles. The molecule has 3 aromatic carbocycles. The molecule has 0 aliphatic rings. The summed E-state index contributed by atoms with van der Waals surface area (Å²) in [7, 11) is -3.91. The van der Waals surface area contributed by atoms with Crippen molar-refractivity contribution in [3.63, 3.8) is 0 Å².